The third kappa shape index (κ3) is 2.47. The molecule has 3 saturated heterocycles. The Bertz CT molecular complexity index is 167. The van der Waals surface area contributed by atoms with Crippen molar-refractivity contribution >= 4 is 0 Å². The van der Waals surface area contributed by atoms with Gasteiger partial charge in [-0.3, -0.25) is 4.90 Å². The molecule has 3 rings (SSSR count). The molecule has 0 N–H and O–H groups in total. The van der Waals surface area contributed by atoms with Gasteiger partial charge in [-0.1, -0.05) is 0 Å². The van der Waals surface area contributed by atoms with E-state index in [1.54, 1.807) is 0 Å². The number of fused-ring (bicyclic) bond motifs is 3. The van der Waals surface area contributed by atoms with Crippen LogP contribution >= 0.6 is 0 Å². The van der Waals surface area contributed by atoms with Crippen molar-refractivity contribution in [2.24, 2.45) is 0 Å². The van der Waals surface area contributed by atoms with Crippen LogP contribution in [0.15, 0.2) is 0 Å². The molecule has 2 atom stereocenters. The number of nitrogens with zero attached hydrogens (tertiary/aromatic N) is 1. The number of ether oxygens (including phenoxy) is 2. The minimum absolute atomic E-state index is 0.520. The summed E-state index contributed by atoms with van der Waals surface area (Å²) in [5.41, 5.74) is 0. The fourth-order valence-corrected chi connectivity index (χ4v) is 2.42. The lowest BCUT2D eigenvalue weighted by Crippen LogP contribution is -2.54. The van der Waals surface area contributed by atoms with Gasteiger partial charge < -0.3 is 9.47 Å². The molecule has 3 heteroatoms. The summed E-state index contributed by atoms with van der Waals surface area (Å²) in [7, 11) is 0. The van der Waals surface area contributed by atoms with E-state index in [9.17, 15) is 0 Å². The summed E-state index contributed by atoms with van der Waals surface area (Å²) in [6.07, 6.45) is 4.29. The first-order valence-electron chi connectivity index (χ1n) is 5.83. The summed E-state index contributed by atoms with van der Waals surface area (Å²) in [6, 6.07) is 0.696. The molecule has 3 aliphatic heterocycles. The van der Waals surface area contributed by atoms with Crippen molar-refractivity contribution in [1.82, 2.24) is 4.90 Å². The van der Waals surface area contributed by atoms with Crippen molar-refractivity contribution in [3.05, 3.63) is 0 Å². The second-order valence-corrected chi connectivity index (χ2v) is 4.23. The van der Waals surface area contributed by atoms with Crippen LogP contribution in [0.2, 0.25) is 0 Å². The smallest absolute Gasteiger partial charge is 0.0703 e. The number of hydrogen-bond donors (Lipinski definition) is 0. The topological polar surface area (TPSA) is 21.7 Å². The third-order valence-corrected chi connectivity index (χ3v) is 3.24. The molecule has 3 fully saturated rings. The summed E-state index contributed by atoms with van der Waals surface area (Å²) >= 11 is 0. The van der Waals surface area contributed by atoms with E-state index >= 15 is 0 Å². The molecule has 0 aromatic carbocycles. The van der Waals surface area contributed by atoms with Gasteiger partial charge in [-0.05, 0) is 26.2 Å². The Morgan fingerprint density at radius 1 is 1.43 bits per heavy atom. The number of morpholine rings is 1. The van der Waals surface area contributed by atoms with Crippen LogP contribution in [0.4, 0.5) is 0 Å². The Labute approximate surface area is 86.4 Å². The van der Waals surface area contributed by atoms with Crippen LogP contribution < -0.4 is 0 Å². The summed E-state index contributed by atoms with van der Waals surface area (Å²) in [5, 5.41) is 0. The van der Waals surface area contributed by atoms with Crippen LogP contribution in [-0.2, 0) is 9.47 Å². The van der Waals surface area contributed by atoms with Gasteiger partial charge in [-0.25, -0.2) is 0 Å². The average Bonchev–Trinajstić information content (AvgIpc) is 2.26. The lowest BCUT2D eigenvalue weighted by Gasteiger charge is -2.45. The second kappa shape index (κ2) is 5.10. The minimum Gasteiger partial charge on any atom is -0.382 e. The van der Waals surface area contributed by atoms with E-state index in [1.807, 2.05) is 0 Å². The van der Waals surface area contributed by atoms with Crippen molar-refractivity contribution in [3.8, 4) is 0 Å². The van der Waals surface area contributed by atoms with E-state index in [1.165, 1.54) is 19.4 Å². The van der Waals surface area contributed by atoms with Gasteiger partial charge in [0.25, 0.3) is 0 Å². The van der Waals surface area contributed by atoms with Gasteiger partial charge in [-0.2, -0.15) is 0 Å². The zero-order chi connectivity index (χ0) is 9.80. The first-order chi connectivity index (χ1) is 6.90. The molecule has 0 saturated carbocycles. The molecule has 0 aliphatic carbocycles. The maximum atomic E-state index is 5.66. The zero-order valence-electron chi connectivity index (χ0n) is 9.08. The van der Waals surface area contributed by atoms with Crippen molar-refractivity contribution in [2.45, 2.75) is 38.3 Å². The molecule has 3 nitrogen and oxygen atoms in total. The van der Waals surface area contributed by atoms with E-state index in [0.29, 0.717) is 12.1 Å². The molecular formula is C11H21NO2. The van der Waals surface area contributed by atoms with Crippen molar-refractivity contribution in [2.75, 3.05) is 32.9 Å². The molecule has 14 heavy (non-hydrogen) atoms. The summed E-state index contributed by atoms with van der Waals surface area (Å²) < 4.78 is 11.0. The molecule has 82 valence electrons. The molecular weight excluding hydrogens is 178 g/mol. The highest BCUT2D eigenvalue weighted by Gasteiger charge is 2.33. The zero-order valence-corrected chi connectivity index (χ0v) is 9.08. The molecule has 0 amide bonds. The number of hydrogen-bond acceptors (Lipinski definition) is 3. The first-order valence-corrected chi connectivity index (χ1v) is 5.83. The molecule has 0 spiro atoms. The quantitative estimate of drug-likeness (QED) is 0.623. The normalized spacial score (nSPS) is 32.4. The van der Waals surface area contributed by atoms with Crippen LogP contribution in [-0.4, -0.2) is 50.0 Å². The Morgan fingerprint density at radius 2 is 2.36 bits per heavy atom. The second-order valence-electron chi connectivity index (χ2n) is 4.23. The highest BCUT2D eigenvalue weighted by molar-refractivity contribution is 4.86. The van der Waals surface area contributed by atoms with Gasteiger partial charge in [0.15, 0.2) is 0 Å². The Morgan fingerprint density at radius 3 is 2.93 bits per heavy atom. The SMILES string of the molecule is CCOCCCN1CC2CCC1CO2. The van der Waals surface area contributed by atoms with Gasteiger partial charge >= 0.3 is 0 Å². The van der Waals surface area contributed by atoms with Crippen molar-refractivity contribution in [3.63, 3.8) is 0 Å². The fourth-order valence-electron chi connectivity index (χ4n) is 2.42. The van der Waals surface area contributed by atoms with Gasteiger partial charge in [0, 0.05) is 32.3 Å². The predicted octanol–water partition coefficient (Wildman–Crippen LogP) is 1.28. The van der Waals surface area contributed by atoms with Crippen molar-refractivity contribution in [1.29, 1.82) is 0 Å². The van der Waals surface area contributed by atoms with E-state index in [-0.39, 0.29) is 0 Å². The minimum atomic E-state index is 0.520. The van der Waals surface area contributed by atoms with Gasteiger partial charge in [0.05, 0.1) is 12.7 Å². The molecule has 0 radical (unpaired) electrons. The molecule has 2 bridgehead atoms. The Hall–Kier alpha value is -0.120. The van der Waals surface area contributed by atoms with Crippen molar-refractivity contribution < 1.29 is 9.47 Å². The number of piperidine rings is 1. The van der Waals surface area contributed by atoms with Gasteiger partial charge in [0.2, 0.25) is 0 Å². The standard InChI is InChI=1S/C11H21NO2/c1-2-13-7-3-6-12-8-11-5-4-10(12)9-14-11/h10-11H,2-9H2,1H3. The molecule has 2 unspecified atom stereocenters. The average molecular weight is 199 g/mol. The summed E-state index contributed by atoms with van der Waals surface area (Å²) in [5.74, 6) is 0. The fraction of sp³-hybridized carbons (Fsp3) is 1.00. The Kier molecular flexibility index (Phi) is 3.79. The van der Waals surface area contributed by atoms with Crippen LogP contribution in [0.5, 0.6) is 0 Å². The van der Waals surface area contributed by atoms with E-state index in [0.717, 1.165) is 32.8 Å². The Balaban J connectivity index is 1.66. The molecule has 0 aromatic heterocycles. The predicted molar refractivity (Wildman–Crippen MR) is 55.4 cm³/mol. The number of rotatable bonds is 5. The lowest BCUT2D eigenvalue weighted by molar-refractivity contribution is -0.107. The van der Waals surface area contributed by atoms with E-state index in [2.05, 4.69) is 11.8 Å². The molecule has 3 aliphatic rings. The van der Waals surface area contributed by atoms with Crippen LogP contribution in [0.3, 0.4) is 0 Å². The lowest BCUT2D eigenvalue weighted by atomic mass is 9.97. The third-order valence-electron chi connectivity index (χ3n) is 3.24. The maximum Gasteiger partial charge on any atom is 0.0703 e. The summed E-state index contributed by atoms with van der Waals surface area (Å²) in [4.78, 5) is 2.58. The van der Waals surface area contributed by atoms with Crippen LogP contribution in [0.1, 0.15) is 26.2 Å². The van der Waals surface area contributed by atoms with E-state index < -0.39 is 0 Å². The maximum absolute atomic E-state index is 5.66. The molecule has 0 aromatic rings. The van der Waals surface area contributed by atoms with Gasteiger partial charge in [0.1, 0.15) is 0 Å². The highest BCUT2D eigenvalue weighted by Crippen LogP contribution is 2.25. The summed E-state index contributed by atoms with van der Waals surface area (Å²) in [6.45, 7) is 7.09. The first kappa shape index (κ1) is 10.4. The molecule has 3 heterocycles. The van der Waals surface area contributed by atoms with E-state index in [4.69, 9.17) is 9.47 Å². The van der Waals surface area contributed by atoms with Crippen LogP contribution in [0.25, 0.3) is 0 Å². The monoisotopic (exact) mass is 199 g/mol. The van der Waals surface area contributed by atoms with Gasteiger partial charge in [-0.15, -0.1) is 0 Å². The highest BCUT2D eigenvalue weighted by atomic mass is 16.5. The van der Waals surface area contributed by atoms with Crippen LogP contribution in [0, 0.1) is 0 Å². The largest absolute Gasteiger partial charge is 0.382 e.